The van der Waals surface area contributed by atoms with E-state index in [0.29, 0.717) is 11.2 Å². The maximum Gasteiger partial charge on any atom is 0.196 e. The van der Waals surface area contributed by atoms with Gasteiger partial charge in [-0.15, -0.1) is 0 Å². The van der Waals surface area contributed by atoms with Crippen LogP contribution in [0, 0.1) is 5.13 Å². The van der Waals surface area contributed by atoms with E-state index < -0.39 is 7.14 Å². The Morgan fingerprint density at radius 1 is 1.73 bits per heavy atom. The lowest BCUT2D eigenvalue weighted by Crippen LogP contribution is -1.82. The summed E-state index contributed by atoms with van der Waals surface area (Å²) in [6, 6.07) is 0. The van der Waals surface area contributed by atoms with Crippen LogP contribution in [0.25, 0.3) is 0 Å². The summed E-state index contributed by atoms with van der Waals surface area (Å²) in [6.45, 7) is 3.35. The highest BCUT2D eigenvalue weighted by Gasteiger charge is 2.11. The van der Waals surface area contributed by atoms with Gasteiger partial charge in [0.2, 0.25) is 0 Å². The van der Waals surface area contributed by atoms with E-state index in [4.69, 9.17) is 0 Å². The molecular weight excluding hydrogens is 184 g/mol. The predicted octanol–water partition coefficient (Wildman–Crippen LogP) is 2.40. The Labute approximate surface area is 68.8 Å². The van der Waals surface area contributed by atoms with Crippen LogP contribution in [0.15, 0.2) is 6.20 Å². The molecule has 11 heavy (non-hydrogen) atoms. The van der Waals surface area contributed by atoms with E-state index in [1.54, 1.807) is 13.3 Å². The summed E-state index contributed by atoms with van der Waals surface area (Å²) in [6.07, 6.45) is 1.57. The number of halogens is 1. The van der Waals surface area contributed by atoms with Crippen molar-refractivity contribution in [3.05, 3.63) is 16.3 Å². The topological polar surface area (TPSA) is 30.0 Å². The number of hydrogen-bond donors (Lipinski definition) is 0. The van der Waals surface area contributed by atoms with E-state index >= 15 is 0 Å². The van der Waals surface area contributed by atoms with Gasteiger partial charge in [-0.05, 0) is 13.3 Å². The Bertz CT molecular complexity index is 293. The third kappa shape index (κ3) is 3.12. The molecule has 0 spiro atoms. The first-order valence-corrected chi connectivity index (χ1v) is 6.72. The van der Waals surface area contributed by atoms with Crippen LogP contribution in [0.1, 0.15) is 5.01 Å². The molecule has 1 aromatic heterocycles. The lowest BCUT2D eigenvalue weighted by atomic mass is 10.8. The summed E-state index contributed by atoms with van der Waals surface area (Å²) >= 11 is 0.965. The second-order valence-corrected chi connectivity index (χ2v) is 7.32. The highest BCUT2D eigenvalue weighted by molar-refractivity contribution is 7.61. The van der Waals surface area contributed by atoms with Crippen LogP contribution in [0.4, 0.5) is 4.39 Å². The average molecular weight is 193 g/mol. The minimum Gasteiger partial charge on any atom is -0.324 e. The van der Waals surface area contributed by atoms with Crippen molar-refractivity contribution in [2.24, 2.45) is 0 Å². The van der Waals surface area contributed by atoms with Crippen molar-refractivity contribution in [2.75, 3.05) is 13.3 Å². The third-order valence-corrected chi connectivity index (χ3v) is 3.10. The SMILES string of the molecule is CP(C)(=O)Cc1ncc(F)s1. The summed E-state index contributed by atoms with van der Waals surface area (Å²) in [4.78, 5) is 3.77. The van der Waals surface area contributed by atoms with E-state index in [1.165, 1.54) is 0 Å². The average Bonchev–Trinajstić information content (AvgIpc) is 2.10. The zero-order valence-corrected chi connectivity index (χ0v) is 8.08. The fourth-order valence-electron chi connectivity index (χ4n) is 0.687. The van der Waals surface area contributed by atoms with Crippen molar-refractivity contribution in [2.45, 2.75) is 6.16 Å². The predicted molar refractivity (Wildman–Crippen MR) is 45.2 cm³/mol. The van der Waals surface area contributed by atoms with Crippen molar-refractivity contribution >= 4 is 18.5 Å². The molecule has 0 aromatic carbocycles. The van der Waals surface area contributed by atoms with Crippen LogP contribution in [-0.2, 0) is 10.7 Å². The van der Waals surface area contributed by atoms with E-state index in [2.05, 4.69) is 4.98 Å². The van der Waals surface area contributed by atoms with E-state index in [1.807, 2.05) is 0 Å². The molecule has 0 atom stereocenters. The Balaban J connectivity index is 2.73. The molecule has 0 aliphatic rings. The molecule has 0 saturated carbocycles. The molecule has 1 rings (SSSR count). The first kappa shape index (κ1) is 8.88. The molecule has 0 aliphatic heterocycles. The van der Waals surface area contributed by atoms with Gasteiger partial charge in [-0.25, -0.2) is 4.98 Å². The van der Waals surface area contributed by atoms with Crippen molar-refractivity contribution in [3.8, 4) is 0 Å². The van der Waals surface area contributed by atoms with Crippen molar-refractivity contribution in [1.29, 1.82) is 0 Å². The van der Waals surface area contributed by atoms with Crippen molar-refractivity contribution in [3.63, 3.8) is 0 Å². The molecular formula is C6H9FNOPS. The van der Waals surface area contributed by atoms with E-state index in [9.17, 15) is 8.96 Å². The summed E-state index contributed by atoms with van der Waals surface area (Å²) in [5.74, 6) is 0. The number of aromatic nitrogens is 1. The summed E-state index contributed by atoms with van der Waals surface area (Å²) < 4.78 is 23.6. The smallest absolute Gasteiger partial charge is 0.196 e. The van der Waals surface area contributed by atoms with Crippen LogP contribution in [0.3, 0.4) is 0 Å². The van der Waals surface area contributed by atoms with Gasteiger partial charge in [-0.3, -0.25) is 0 Å². The van der Waals surface area contributed by atoms with Crippen LogP contribution in [0.2, 0.25) is 0 Å². The van der Waals surface area contributed by atoms with Crippen LogP contribution >= 0.6 is 18.5 Å². The van der Waals surface area contributed by atoms with Gasteiger partial charge in [0, 0.05) is 0 Å². The molecule has 62 valence electrons. The largest absolute Gasteiger partial charge is 0.324 e. The van der Waals surface area contributed by atoms with Gasteiger partial charge >= 0.3 is 0 Å². The highest BCUT2D eigenvalue weighted by atomic mass is 32.1. The molecule has 1 aromatic rings. The lowest BCUT2D eigenvalue weighted by Gasteiger charge is -2.00. The minimum absolute atomic E-state index is 0.312. The second-order valence-electron chi connectivity index (χ2n) is 2.79. The van der Waals surface area contributed by atoms with Gasteiger partial charge in [0.15, 0.2) is 5.13 Å². The monoisotopic (exact) mass is 193 g/mol. The Kier molecular flexibility index (Phi) is 2.45. The zero-order chi connectivity index (χ0) is 8.48. The lowest BCUT2D eigenvalue weighted by molar-refractivity contribution is 0.581. The first-order valence-electron chi connectivity index (χ1n) is 3.11. The molecule has 5 heteroatoms. The van der Waals surface area contributed by atoms with Gasteiger partial charge in [0.1, 0.15) is 5.01 Å². The van der Waals surface area contributed by atoms with Gasteiger partial charge in [0.25, 0.3) is 0 Å². The molecule has 0 radical (unpaired) electrons. The summed E-state index contributed by atoms with van der Waals surface area (Å²) in [5.41, 5.74) is 0. The van der Waals surface area contributed by atoms with Crippen LogP contribution in [-0.4, -0.2) is 18.3 Å². The van der Waals surface area contributed by atoms with Gasteiger partial charge < -0.3 is 4.57 Å². The number of thiazole rings is 1. The zero-order valence-electron chi connectivity index (χ0n) is 6.37. The molecule has 2 nitrogen and oxygen atoms in total. The maximum atomic E-state index is 12.4. The van der Waals surface area contributed by atoms with Crippen molar-refractivity contribution < 1.29 is 8.96 Å². The van der Waals surface area contributed by atoms with Crippen LogP contribution < -0.4 is 0 Å². The molecule has 0 aliphatic carbocycles. The molecule has 0 unspecified atom stereocenters. The second kappa shape index (κ2) is 3.03. The maximum absolute atomic E-state index is 12.4. The minimum atomic E-state index is -2.09. The molecule has 0 fully saturated rings. The molecule has 0 amide bonds. The van der Waals surface area contributed by atoms with E-state index in [-0.39, 0.29) is 5.13 Å². The quantitative estimate of drug-likeness (QED) is 0.675. The standard InChI is InChI=1S/C6H9FNOPS/c1-10(2,9)4-6-8-3-5(7)11-6/h3H,4H2,1-2H3. The Hall–Kier alpha value is -0.210. The summed E-state index contributed by atoms with van der Waals surface area (Å²) in [5, 5.41) is 0.310. The molecule has 1 heterocycles. The molecule has 0 saturated heterocycles. The fourth-order valence-corrected chi connectivity index (χ4v) is 3.05. The third-order valence-electron chi connectivity index (χ3n) is 1.04. The van der Waals surface area contributed by atoms with Gasteiger partial charge in [0.05, 0.1) is 19.5 Å². The van der Waals surface area contributed by atoms with Crippen molar-refractivity contribution in [1.82, 2.24) is 4.98 Å². The Morgan fingerprint density at radius 2 is 2.36 bits per heavy atom. The molecule has 0 N–H and O–H groups in total. The highest BCUT2D eigenvalue weighted by Crippen LogP contribution is 2.40. The normalized spacial score (nSPS) is 11.9. The number of nitrogens with zero attached hydrogens (tertiary/aromatic N) is 1. The molecule has 0 bridgehead atoms. The summed E-state index contributed by atoms with van der Waals surface area (Å²) in [7, 11) is -2.09. The Morgan fingerprint density at radius 3 is 2.73 bits per heavy atom. The van der Waals surface area contributed by atoms with E-state index in [0.717, 1.165) is 17.5 Å². The first-order chi connectivity index (χ1) is 4.97. The van der Waals surface area contributed by atoms with Crippen LogP contribution in [0.5, 0.6) is 0 Å². The number of rotatable bonds is 2. The fraction of sp³-hybridized carbons (Fsp3) is 0.500. The van der Waals surface area contributed by atoms with Gasteiger partial charge in [-0.2, -0.15) is 4.39 Å². The number of hydrogen-bond acceptors (Lipinski definition) is 3. The van der Waals surface area contributed by atoms with Gasteiger partial charge in [-0.1, -0.05) is 11.3 Å².